The maximum Gasteiger partial charge on any atom is 0.161 e. The molecule has 0 amide bonds. The first-order chi connectivity index (χ1) is 13.2. The highest BCUT2D eigenvalue weighted by Gasteiger charge is 2.09. The number of nitrogens with zero attached hydrogens (tertiary/aromatic N) is 1. The molecule has 2 aromatic carbocycles. The van der Waals surface area contributed by atoms with Crippen LogP contribution in [0.2, 0.25) is 0 Å². The van der Waals surface area contributed by atoms with Crippen LogP contribution in [0.3, 0.4) is 0 Å². The monoisotopic (exact) mass is 365 g/mol. The van der Waals surface area contributed by atoms with E-state index in [0.717, 1.165) is 53.4 Å². The minimum Gasteiger partial charge on any atom is -0.493 e. The van der Waals surface area contributed by atoms with Crippen LogP contribution in [-0.4, -0.2) is 23.9 Å². The van der Waals surface area contributed by atoms with Crippen LogP contribution in [-0.2, 0) is 13.1 Å². The molecule has 0 saturated carbocycles. The van der Waals surface area contributed by atoms with Crippen molar-refractivity contribution in [2.45, 2.75) is 33.4 Å². The fourth-order valence-electron chi connectivity index (χ4n) is 2.91. The minimum atomic E-state index is 0.691. The van der Waals surface area contributed by atoms with Gasteiger partial charge in [-0.05, 0) is 36.6 Å². The van der Waals surface area contributed by atoms with Gasteiger partial charge in [0.25, 0.3) is 0 Å². The Bertz CT molecular complexity index is 856. The Labute approximate surface area is 160 Å². The molecule has 0 aliphatic rings. The summed E-state index contributed by atoms with van der Waals surface area (Å²) < 4.78 is 11.2. The number of aromatic amines is 1. The highest BCUT2D eigenvalue weighted by molar-refractivity contribution is 5.62. The molecule has 0 radical (unpaired) electrons. The zero-order valence-electron chi connectivity index (χ0n) is 16.2. The molecule has 5 heteroatoms. The Kier molecular flexibility index (Phi) is 6.49. The molecule has 5 nitrogen and oxygen atoms in total. The Balaban J connectivity index is 1.62. The van der Waals surface area contributed by atoms with Crippen LogP contribution in [0.25, 0.3) is 11.3 Å². The van der Waals surface area contributed by atoms with E-state index in [4.69, 9.17) is 9.47 Å². The van der Waals surface area contributed by atoms with E-state index in [1.165, 1.54) is 5.56 Å². The lowest BCUT2D eigenvalue weighted by Gasteiger charge is -2.12. The Hall–Kier alpha value is -2.79. The second-order valence-corrected chi connectivity index (χ2v) is 6.57. The summed E-state index contributed by atoms with van der Waals surface area (Å²) >= 11 is 0. The summed E-state index contributed by atoms with van der Waals surface area (Å²) in [6, 6.07) is 14.5. The smallest absolute Gasteiger partial charge is 0.161 e. The van der Waals surface area contributed by atoms with Crippen molar-refractivity contribution in [2.24, 2.45) is 0 Å². The molecule has 142 valence electrons. The van der Waals surface area contributed by atoms with Gasteiger partial charge >= 0.3 is 0 Å². The molecule has 2 N–H and O–H groups in total. The zero-order valence-corrected chi connectivity index (χ0v) is 16.2. The van der Waals surface area contributed by atoms with Gasteiger partial charge in [-0.25, -0.2) is 0 Å². The third kappa shape index (κ3) is 4.89. The molecule has 0 atom stereocenters. The molecular weight excluding hydrogens is 338 g/mol. The molecule has 0 saturated heterocycles. The zero-order chi connectivity index (χ0) is 19.1. The first kappa shape index (κ1) is 19.0. The number of nitrogens with one attached hydrogen (secondary N) is 2. The van der Waals surface area contributed by atoms with Gasteiger partial charge in [-0.15, -0.1) is 0 Å². The average molecular weight is 365 g/mol. The SMILES string of the molecule is CCCOc1ccc(CNCc2cn[nH]c2-c2ccc(C)cc2)cc1OC. The summed E-state index contributed by atoms with van der Waals surface area (Å²) in [7, 11) is 1.67. The number of H-pyrrole nitrogens is 1. The van der Waals surface area contributed by atoms with Crippen molar-refractivity contribution in [1.29, 1.82) is 0 Å². The van der Waals surface area contributed by atoms with Gasteiger partial charge in [0.2, 0.25) is 0 Å². The second-order valence-electron chi connectivity index (χ2n) is 6.57. The predicted molar refractivity (Wildman–Crippen MR) is 108 cm³/mol. The van der Waals surface area contributed by atoms with E-state index < -0.39 is 0 Å². The van der Waals surface area contributed by atoms with E-state index in [9.17, 15) is 0 Å². The van der Waals surface area contributed by atoms with Crippen molar-refractivity contribution >= 4 is 0 Å². The predicted octanol–water partition coefficient (Wildman–Crippen LogP) is 4.47. The fraction of sp³-hybridized carbons (Fsp3) is 0.318. The lowest BCUT2D eigenvalue weighted by Crippen LogP contribution is -2.13. The Morgan fingerprint density at radius 2 is 1.85 bits per heavy atom. The van der Waals surface area contributed by atoms with Crippen molar-refractivity contribution in [2.75, 3.05) is 13.7 Å². The van der Waals surface area contributed by atoms with Crippen LogP contribution in [0.4, 0.5) is 0 Å². The Morgan fingerprint density at radius 3 is 2.59 bits per heavy atom. The molecule has 0 spiro atoms. The maximum atomic E-state index is 5.71. The number of rotatable bonds is 9. The van der Waals surface area contributed by atoms with Crippen LogP contribution in [0.5, 0.6) is 11.5 Å². The maximum absolute atomic E-state index is 5.71. The van der Waals surface area contributed by atoms with E-state index >= 15 is 0 Å². The molecule has 3 rings (SSSR count). The molecular formula is C22H27N3O2. The molecule has 0 fully saturated rings. The third-order valence-electron chi connectivity index (χ3n) is 4.39. The molecule has 1 heterocycles. The van der Waals surface area contributed by atoms with Crippen molar-refractivity contribution in [3.8, 4) is 22.8 Å². The summed E-state index contributed by atoms with van der Waals surface area (Å²) in [5.41, 5.74) is 5.75. The van der Waals surface area contributed by atoms with Crippen molar-refractivity contribution in [1.82, 2.24) is 15.5 Å². The average Bonchev–Trinajstić information content (AvgIpc) is 3.16. The second kappa shape index (κ2) is 9.24. The molecule has 0 bridgehead atoms. The quantitative estimate of drug-likeness (QED) is 0.587. The lowest BCUT2D eigenvalue weighted by atomic mass is 10.1. The largest absolute Gasteiger partial charge is 0.493 e. The van der Waals surface area contributed by atoms with E-state index in [1.807, 2.05) is 18.3 Å². The van der Waals surface area contributed by atoms with Gasteiger partial charge in [-0.2, -0.15) is 5.10 Å². The highest BCUT2D eigenvalue weighted by Crippen LogP contribution is 2.28. The van der Waals surface area contributed by atoms with E-state index in [1.54, 1.807) is 7.11 Å². The Morgan fingerprint density at radius 1 is 1.04 bits per heavy atom. The number of benzene rings is 2. The van der Waals surface area contributed by atoms with E-state index in [-0.39, 0.29) is 0 Å². The first-order valence-corrected chi connectivity index (χ1v) is 9.31. The molecule has 0 unspecified atom stereocenters. The number of aryl methyl sites for hydroxylation is 1. The lowest BCUT2D eigenvalue weighted by molar-refractivity contribution is 0.294. The molecule has 27 heavy (non-hydrogen) atoms. The van der Waals surface area contributed by atoms with Gasteiger partial charge in [0.05, 0.1) is 25.6 Å². The van der Waals surface area contributed by atoms with Crippen molar-refractivity contribution in [3.05, 3.63) is 65.4 Å². The summed E-state index contributed by atoms with van der Waals surface area (Å²) in [6.07, 6.45) is 2.85. The van der Waals surface area contributed by atoms with Gasteiger partial charge in [-0.3, -0.25) is 5.10 Å². The van der Waals surface area contributed by atoms with Crippen molar-refractivity contribution in [3.63, 3.8) is 0 Å². The number of hydrogen-bond acceptors (Lipinski definition) is 4. The molecule has 0 aliphatic heterocycles. The van der Waals surface area contributed by atoms with Gasteiger partial charge < -0.3 is 14.8 Å². The van der Waals surface area contributed by atoms with Crippen LogP contribution in [0.1, 0.15) is 30.0 Å². The first-order valence-electron chi connectivity index (χ1n) is 9.31. The van der Waals surface area contributed by atoms with Crippen LogP contribution >= 0.6 is 0 Å². The molecule has 3 aromatic rings. The third-order valence-corrected chi connectivity index (χ3v) is 4.39. The minimum absolute atomic E-state index is 0.691. The van der Waals surface area contributed by atoms with Crippen LogP contribution < -0.4 is 14.8 Å². The summed E-state index contributed by atoms with van der Waals surface area (Å²) in [4.78, 5) is 0. The van der Waals surface area contributed by atoms with Crippen molar-refractivity contribution < 1.29 is 9.47 Å². The number of methoxy groups -OCH3 is 1. The normalized spacial score (nSPS) is 10.8. The standard InChI is InChI=1S/C22H27N3O2/c1-4-11-27-20-10-7-17(12-21(20)26-3)13-23-14-19-15-24-25-22(19)18-8-5-16(2)6-9-18/h5-10,12,15,23H,4,11,13-14H2,1-3H3,(H,24,25). The van der Waals surface area contributed by atoms with E-state index in [0.29, 0.717) is 6.61 Å². The van der Waals surface area contributed by atoms with Crippen LogP contribution in [0.15, 0.2) is 48.7 Å². The number of ether oxygens (including phenoxy) is 2. The summed E-state index contributed by atoms with van der Waals surface area (Å²) in [5.74, 6) is 1.56. The van der Waals surface area contributed by atoms with Gasteiger partial charge in [0.15, 0.2) is 11.5 Å². The van der Waals surface area contributed by atoms with Gasteiger partial charge in [0.1, 0.15) is 0 Å². The summed E-state index contributed by atoms with van der Waals surface area (Å²) in [5, 5.41) is 10.8. The summed E-state index contributed by atoms with van der Waals surface area (Å²) in [6.45, 7) is 6.34. The topological polar surface area (TPSA) is 59.2 Å². The van der Waals surface area contributed by atoms with E-state index in [2.05, 4.69) is 59.7 Å². The molecule has 0 aliphatic carbocycles. The van der Waals surface area contributed by atoms with Gasteiger partial charge in [-0.1, -0.05) is 42.8 Å². The molecule has 1 aromatic heterocycles. The van der Waals surface area contributed by atoms with Gasteiger partial charge in [0, 0.05) is 18.7 Å². The highest BCUT2D eigenvalue weighted by atomic mass is 16.5. The van der Waals surface area contributed by atoms with Crippen LogP contribution in [0, 0.1) is 6.92 Å². The number of hydrogen-bond donors (Lipinski definition) is 2. The number of aromatic nitrogens is 2. The fourth-order valence-corrected chi connectivity index (χ4v) is 2.91.